The molecule has 1 amide bonds. The van der Waals surface area contributed by atoms with Crippen molar-refractivity contribution in [1.82, 2.24) is 0 Å². The van der Waals surface area contributed by atoms with E-state index in [4.69, 9.17) is 9.84 Å². The number of hydrogen-bond donors (Lipinski definition) is 3. The Kier molecular flexibility index (Phi) is 2.96. The van der Waals surface area contributed by atoms with Crippen molar-refractivity contribution in [3.05, 3.63) is 23.8 Å². The van der Waals surface area contributed by atoms with Gasteiger partial charge in [0.2, 0.25) is 0 Å². The Morgan fingerprint density at radius 1 is 1.50 bits per heavy atom. The standard InChI is InChI=1S/C12H13NO5/c1-2-18-7-3-4-9-8(5-7)12(17,6-10(14)15)11(16)13-9/h3-5,17H,2,6H2,1H3,(H,13,16)(H,14,15). The summed E-state index contributed by atoms with van der Waals surface area (Å²) in [6.45, 7) is 2.25. The third-order valence-corrected chi connectivity index (χ3v) is 2.78. The second kappa shape index (κ2) is 4.30. The molecule has 1 atom stereocenters. The quantitative estimate of drug-likeness (QED) is 0.732. The van der Waals surface area contributed by atoms with Crippen LogP contribution in [-0.4, -0.2) is 28.7 Å². The molecule has 3 N–H and O–H groups in total. The van der Waals surface area contributed by atoms with Gasteiger partial charge in [-0.1, -0.05) is 0 Å². The first-order valence-corrected chi connectivity index (χ1v) is 5.50. The molecule has 0 bridgehead atoms. The fraction of sp³-hybridized carbons (Fsp3) is 0.333. The number of benzene rings is 1. The summed E-state index contributed by atoms with van der Waals surface area (Å²) in [6.07, 6.45) is -0.679. The van der Waals surface area contributed by atoms with Crippen LogP contribution in [-0.2, 0) is 15.2 Å². The Labute approximate surface area is 103 Å². The number of ether oxygens (including phenoxy) is 1. The Morgan fingerprint density at radius 2 is 2.22 bits per heavy atom. The van der Waals surface area contributed by atoms with E-state index >= 15 is 0 Å². The van der Waals surface area contributed by atoms with Crippen molar-refractivity contribution in [2.45, 2.75) is 18.9 Å². The minimum Gasteiger partial charge on any atom is -0.494 e. The molecular weight excluding hydrogens is 238 g/mol. The zero-order chi connectivity index (χ0) is 13.3. The van der Waals surface area contributed by atoms with Crippen molar-refractivity contribution >= 4 is 17.6 Å². The first-order valence-electron chi connectivity index (χ1n) is 5.50. The Balaban J connectivity index is 2.45. The zero-order valence-corrected chi connectivity index (χ0v) is 9.77. The molecular formula is C12H13NO5. The summed E-state index contributed by atoms with van der Waals surface area (Å²) < 4.78 is 5.27. The van der Waals surface area contributed by atoms with Crippen LogP contribution in [0.3, 0.4) is 0 Å². The molecule has 1 aromatic carbocycles. The molecule has 0 saturated heterocycles. The molecule has 2 rings (SSSR count). The van der Waals surface area contributed by atoms with Gasteiger partial charge in [-0.15, -0.1) is 0 Å². The van der Waals surface area contributed by atoms with Crippen molar-refractivity contribution in [2.24, 2.45) is 0 Å². The average Bonchev–Trinajstić information content (AvgIpc) is 2.52. The molecule has 18 heavy (non-hydrogen) atoms. The maximum Gasteiger partial charge on any atom is 0.307 e. The van der Waals surface area contributed by atoms with Gasteiger partial charge < -0.3 is 20.3 Å². The summed E-state index contributed by atoms with van der Waals surface area (Å²) in [5.41, 5.74) is -1.39. The van der Waals surface area contributed by atoms with E-state index in [0.29, 0.717) is 18.0 Å². The summed E-state index contributed by atoms with van der Waals surface area (Å²) in [4.78, 5) is 22.4. The van der Waals surface area contributed by atoms with Gasteiger partial charge in [-0.05, 0) is 25.1 Å². The molecule has 6 heteroatoms. The molecule has 1 heterocycles. The van der Waals surface area contributed by atoms with Crippen LogP contribution in [0.2, 0.25) is 0 Å². The molecule has 0 fully saturated rings. The van der Waals surface area contributed by atoms with Gasteiger partial charge in [-0.3, -0.25) is 9.59 Å². The average molecular weight is 251 g/mol. The highest BCUT2D eigenvalue weighted by Gasteiger charge is 2.47. The van der Waals surface area contributed by atoms with Crippen molar-refractivity contribution in [2.75, 3.05) is 11.9 Å². The third-order valence-electron chi connectivity index (χ3n) is 2.78. The number of carboxylic acid groups (broad SMARTS) is 1. The van der Waals surface area contributed by atoms with Crippen LogP contribution >= 0.6 is 0 Å². The van der Waals surface area contributed by atoms with E-state index in [-0.39, 0.29) is 5.56 Å². The summed E-state index contributed by atoms with van der Waals surface area (Å²) in [5, 5.41) is 21.5. The van der Waals surface area contributed by atoms with Gasteiger partial charge in [0.25, 0.3) is 5.91 Å². The van der Waals surface area contributed by atoms with E-state index in [2.05, 4.69) is 5.32 Å². The predicted molar refractivity (Wildman–Crippen MR) is 62.4 cm³/mol. The molecule has 1 unspecified atom stereocenters. The Morgan fingerprint density at radius 3 is 2.83 bits per heavy atom. The molecule has 0 aromatic heterocycles. The number of carbonyl (C=O) groups excluding carboxylic acids is 1. The number of amides is 1. The molecule has 1 aromatic rings. The molecule has 1 aliphatic heterocycles. The van der Waals surface area contributed by atoms with Crippen molar-refractivity contribution in [3.8, 4) is 5.75 Å². The van der Waals surface area contributed by atoms with Crippen LogP contribution in [0.1, 0.15) is 18.9 Å². The minimum atomic E-state index is -2.03. The van der Waals surface area contributed by atoms with Gasteiger partial charge in [-0.25, -0.2) is 0 Å². The highest BCUT2D eigenvalue weighted by atomic mass is 16.5. The van der Waals surface area contributed by atoms with E-state index in [0.717, 1.165) is 0 Å². The lowest BCUT2D eigenvalue weighted by Gasteiger charge is -2.18. The van der Waals surface area contributed by atoms with Gasteiger partial charge in [0, 0.05) is 11.3 Å². The third kappa shape index (κ3) is 1.91. The molecule has 0 radical (unpaired) electrons. The van der Waals surface area contributed by atoms with Crippen LogP contribution in [0, 0.1) is 0 Å². The van der Waals surface area contributed by atoms with E-state index in [1.807, 2.05) is 0 Å². The fourth-order valence-corrected chi connectivity index (χ4v) is 1.97. The second-order valence-electron chi connectivity index (χ2n) is 4.03. The molecule has 6 nitrogen and oxygen atoms in total. The number of aliphatic carboxylic acids is 1. The van der Waals surface area contributed by atoms with Crippen LogP contribution < -0.4 is 10.1 Å². The lowest BCUT2D eigenvalue weighted by molar-refractivity contribution is -0.149. The smallest absolute Gasteiger partial charge is 0.307 e. The van der Waals surface area contributed by atoms with Crippen LogP contribution in [0.4, 0.5) is 5.69 Å². The molecule has 0 aliphatic carbocycles. The summed E-state index contributed by atoms with van der Waals surface area (Å²) in [7, 11) is 0. The number of nitrogens with one attached hydrogen (secondary N) is 1. The van der Waals surface area contributed by atoms with E-state index in [1.165, 1.54) is 6.07 Å². The first-order chi connectivity index (χ1) is 8.47. The van der Waals surface area contributed by atoms with E-state index in [9.17, 15) is 14.7 Å². The first kappa shape index (κ1) is 12.4. The van der Waals surface area contributed by atoms with Crippen molar-refractivity contribution in [3.63, 3.8) is 0 Å². The number of aliphatic hydroxyl groups is 1. The number of anilines is 1. The van der Waals surface area contributed by atoms with Gasteiger partial charge >= 0.3 is 5.97 Å². The van der Waals surface area contributed by atoms with Gasteiger partial charge in [0.15, 0.2) is 5.60 Å². The predicted octanol–water partition coefficient (Wildman–Crippen LogP) is 0.700. The lowest BCUT2D eigenvalue weighted by atomic mass is 9.92. The summed E-state index contributed by atoms with van der Waals surface area (Å²) in [5.74, 6) is -1.49. The largest absolute Gasteiger partial charge is 0.494 e. The van der Waals surface area contributed by atoms with Crippen molar-refractivity contribution < 1.29 is 24.5 Å². The normalized spacial score (nSPS) is 21.3. The van der Waals surface area contributed by atoms with Gasteiger partial charge in [0.1, 0.15) is 5.75 Å². The van der Waals surface area contributed by atoms with Crippen LogP contribution in [0.25, 0.3) is 0 Å². The summed E-state index contributed by atoms with van der Waals surface area (Å²) >= 11 is 0. The van der Waals surface area contributed by atoms with Crippen LogP contribution in [0.5, 0.6) is 5.75 Å². The van der Waals surface area contributed by atoms with Crippen molar-refractivity contribution in [1.29, 1.82) is 0 Å². The van der Waals surface area contributed by atoms with Gasteiger partial charge in [-0.2, -0.15) is 0 Å². The second-order valence-corrected chi connectivity index (χ2v) is 4.03. The minimum absolute atomic E-state index is 0.237. The fourth-order valence-electron chi connectivity index (χ4n) is 1.97. The lowest BCUT2D eigenvalue weighted by Crippen LogP contribution is -2.36. The van der Waals surface area contributed by atoms with Gasteiger partial charge in [0.05, 0.1) is 13.0 Å². The number of hydrogen-bond acceptors (Lipinski definition) is 4. The van der Waals surface area contributed by atoms with E-state index in [1.54, 1.807) is 19.1 Å². The molecule has 1 aliphatic rings. The molecule has 0 saturated carbocycles. The maximum atomic E-state index is 11.7. The summed E-state index contributed by atoms with van der Waals surface area (Å²) in [6, 6.07) is 4.72. The Hall–Kier alpha value is -2.08. The Bertz CT molecular complexity index is 513. The monoisotopic (exact) mass is 251 g/mol. The maximum absolute atomic E-state index is 11.7. The molecule has 96 valence electrons. The number of rotatable bonds is 4. The number of carboxylic acids is 1. The topological polar surface area (TPSA) is 95.9 Å². The molecule has 0 spiro atoms. The van der Waals surface area contributed by atoms with Crippen LogP contribution in [0.15, 0.2) is 18.2 Å². The van der Waals surface area contributed by atoms with E-state index < -0.39 is 23.9 Å². The number of carbonyl (C=O) groups is 2. The highest BCUT2D eigenvalue weighted by Crippen LogP contribution is 2.40. The highest BCUT2D eigenvalue weighted by molar-refractivity contribution is 6.06. The SMILES string of the molecule is CCOc1ccc2c(c1)C(O)(CC(=O)O)C(=O)N2. The number of fused-ring (bicyclic) bond motifs is 1. The zero-order valence-electron chi connectivity index (χ0n) is 9.77.